The maximum absolute atomic E-state index is 13.2. The van der Waals surface area contributed by atoms with Gasteiger partial charge in [-0.2, -0.15) is 0 Å². The van der Waals surface area contributed by atoms with Gasteiger partial charge in [-0.15, -0.1) is 0 Å². The van der Waals surface area contributed by atoms with Crippen LogP contribution in [0.4, 0.5) is 4.39 Å². The molecule has 0 saturated heterocycles. The summed E-state index contributed by atoms with van der Waals surface area (Å²) in [5.74, 6) is -0.544. The molecule has 7 heteroatoms. The summed E-state index contributed by atoms with van der Waals surface area (Å²) in [5.41, 5.74) is 0.442. The highest BCUT2D eigenvalue weighted by Gasteiger charge is 2.13. The standard InChI is InChI=1S/C11H7Cl2FN2O2/c1-18-7-3-2-5(4-6(7)17)11-15-9(12)8(14)10(13)16-11/h2-4,17H,1H3. The van der Waals surface area contributed by atoms with Crippen LogP contribution in [0.1, 0.15) is 0 Å². The zero-order valence-corrected chi connectivity index (χ0v) is 10.6. The third-order valence-corrected chi connectivity index (χ3v) is 2.71. The van der Waals surface area contributed by atoms with Crippen LogP contribution in [-0.4, -0.2) is 22.2 Å². The van der Waals surface area contributed by atoms with Crippen molar-refractivity contribution in [2.45, 2.75) is 0 Å². The first-order valence-electron chi connectivity index (χ1n) is 4.79. The van der Waals surface area contributed by atoms with Crippen molar-refractivity contribution >= 4 is 23.2 Å². The number of rotatable bonds is 2. The van der Waals surface area contributed by atoms with Crippen molar-refractivity contribution in [1.29, 1.82) is 0 Å². The summed E-state index contributed by atoms with van der Waals surface area (Å²) in [6.45, 7) is 0. The van der Waals surface area contributed by atoms with Gasteiger partial charge >= 0.3 is 0 Å². The number of hydrogen-bond acceptors (Lipinski definition) is 4. The Labute approximate surface area is 112 Å². The predicted octanol–water partition coefficient (Wildman–Crippen LogP) is 3.30. The van der Waals surface area contributed by atoms with Crippen LogP contribution < -0.4 is 4.74 Å². The Balaban J connectivity index is 2.52. The third-order valence-electron chi connectivity index (χ3n) is 2.21. The number of nitrogens with zero attached hydrogens (tertiary/aromatic N) is 2. The molecule has 1 heterocycles. The lowest BCUT2D eigenvalue weighted by Gasteiger charge is -2.06. The fraction of sp³-hybridized carbons (Fsp3) is 0.0909. The van der Waals surface area contributed by atoms with E-state index in [2.05, 4.69) is 9.97 Å². The highest BCUT2D eigenvalue weighted by molar-refractivity contribution is 6.33. The first kappa shape index (κ1) is 12.9. The Morgan fingerprint density at radius 2 is 1.83 bits per heavy atom. The molecule has 0 amide bonds. The van der Waals surface area contributed by atoms with Crippen molar-refractivity contribution in [3.8, 4) is 22.9 Å². The van der Waals surface area contributed by atoms with E-state index in [9.17, 15) is 9.50 Å². The number of phenols is 1. The molecule has 1 N–H and O–H groups in total. The number of halogens is 3. The van der Waals surface area contributed by atoms with Crippen molar-refractivity contribution in [2.24, 2.45) is 0 Å². The second kappa shape index (κ2) is 4.96. The fourth-order valence-electron chi connectivity index (χ4n) is 1.35. The topological polar surface area (TPSA) is 55.2 Å². The molecule has 0 radical (unpaired) electrons. The molecule has 0 aliphatic heterocycles. The van der Waals surface area contributed by atoms with Crippen molar-refractivity contribution in [3.63, 3.8) is 0 Å². The lowest BCUT2D eigenvalue weighted by molar-refractivity contribution is 0.373. The fourth-order valence-corrected chi connectivity index (χ4v) is 1.74. The predicted molar refractivity (Wildman–Crippen MR) is 65.7 cm³/mol. The lowest BCUT2D eigenvalue weighted by atomic mass is 10.2. The van der Waals surface area contributed by atoms with Crippen LogP contribution in [0.3, 0.4) is 0 Å². The molecule has 0 bridgehead atoms. The van der Waals surface area contributed by atoms with E-state index in [1.807, 2.05) is 0 Å². The van der Waals surface area contributed by atoms with Gasteiger partial charge in [-0.05, 0) is 18.2 Å². The van der Waals surface area contributed by atoms with Crippen LogP contribution >= 0.6 is 23.2 Å². The Bertz CT molecular complexity index is 585. The average molecular weight is 289 g/mol. The minimum absolute atomic E-state index is 0.0878. The summed E-state index contributed by atoms with van der Waals surface area (Å²) in [7, 11) is 1.43. The van der Waals surface area contributed by atoms with Gasteiger partial charge in [-0.1, -0.05) is 23.2 Å². The summed E-state index contributed by atoms with van der Waals surface area (Å²) in [6, 6.07) is 4.50. The largest absolute Gasteiger partial charge is 0.504 e. The van der Waals surface area contributed by atoms with Gasteiger partial charge in [-0.25, -0.2) is 14.4 Å². The van der Waals surface area contributed by atoms with Gasteiger partial charge in [0.05, 0.1) is 7.11 Å². The molecule has 4 nitrogen and oxygen atoms in total. The van der Waals surface area contributed by atoms with E-state index in [-0.39, 0.29) is 21.9 Å². The Morgan fingerprint density at radius 3 is 2.33 bits per heavy atom. The number of benzene rings is 1. The van der Waals surface area contributed by atoms with Gasteiger partial charge in [0.1, 0.15) is 0 Å². The minimum Gasteiger partial charge on any atom is -0.504 e. The summed E-state index contributed by atoms with van der Waals surface area (Å²) in [4.78, 5) is 7.49. The molecule has 0 aliphatic carbocycles. The summed E-state index contributed by atoms with van der Waals surface area (Å²) in [6.07, 6.45) is 0. The van der Waals surface area contributed by atoms with Crippen LogP contribution in [0.25, 0.3) is 11.4 Å². The zero-order valence-electron chi connectivity index (χ0n) is 9.12. The van der Waals surface area contributed by atoms with Gasteiger partial charge in [0.25, 0.3) is 0 Å². The zero-order chi connectivity index (χ0) is 13.3. The number of aromatic nitrogens is 2. The molecule has 2 rings (SSSR count). The number of phenolic OH excluding ortho intramolecular Hbond substituents is 1. The SMILES string of the molecule is COc1ccc(-c2nc(Cl)c(F)c(Cl)n2)cc1O. The highest BCUT2D eigenvalue weighted by Crippen LogP contribution is 2.31. The summed E-state index contributed by atoms with van der Waals surface area (Å²) < 4.78 is 18.1. The summed E-state index contributed by atoms with van der Waals surface area (Å²) >= 11 is 11.1. The maximum atomic E-state index is 13.2. The van der Waals surface area contributed by atoms with Crippen LogP contribution in [0, 0.1) is 5.82 Å². The van der Waals surface area contributed by atoms with Gasteiger partial charge in [-0.3, -0.25) is 0 Å². The van der Waals surface area contributed by atoms with Gasteiger partial charge < -0.3 is 9.84 Å². The Hall–Kier alpha value is -1.59. The monoisotopic (exact) mass is 288 g/mol. The second-order valence-corrected chi connectivity index (χ2v) is 4.05. The lowest BCUT2D eigenvalue weighted by Crippen LogP contribution is -1.95. The van der Waals surface area contributed by atoms with Gasteiger partial charge in [0, 0.05) is 5.56 Å². The third kappa shape index (κ3) is 2.32. The van der Waals surface area contributed by atoms with Crippen LogP contribution in [0.5, 0.6) is 11.5 Å². The molecule has 0 aliphatic rings. The number of methoxy groups -OCH3 is 1. The molecule has 0 spiro atoms. The van der Waals surface area contributed by atoms with E-state index in [1.165, 1.54) is 19.2 Å². The first-order chi connectivity index (χ1) is 8.52. The normalized spacial score (nSPS) is 10.4. The molecule has 0 unspecified atom stereocenters. The van der Waals surface area contributed by atoms with Crippen molar-refractivity contribution in [1.82, 2.24) is 9.97 Å². The molecular formula is C11H7Cl2FN2O2. The molecule has 0 atom stereocenters. The number of aromatic hydroxyl groups is 1. The first-order valence-corrected chi connectivity index (χ1v) is 5.54. The Morgan fingerprint density at radius 1 is 1.22 bits per heavy atom. The van der Waals surface area contributed by atoms with Gasteiger partial charge in [0.15, 0.2) is 33.4 Å². The molecule has 0 saturated carbocycles. The average Bonchev–Trinajstić information content (AvgIpc) is 2.35. The maximum Gasteiger partial charge on any atom is 0.197 e. The van der Waals surface area contributed by atoms with Crippen molar-refractivity contribution in [3.05, 3.63) is 34.3 Å². The van der Waals surface area contributed by atoms with Crippen molar-refractivity contribution in [2.75, 3.05) is 7.11 Å². The Kier molecular flexibility index (Phi) is 3.54. The van der Waals surface area contributed by atoms with Crippen molar-refractivity contribution < 1.29 is 14.2 Å². The molecule has 94 valence electrons. The van der Waals surface area contributed by atoms with E-state index in [1.54, 1.807) is 6.07 Å². The molecule has 2 aromatic rings. The van der Waals surface area contributed by atoms with Crippen LogP contribution in [0.15, 0.2) is 18.2 Å². The van der Waals surface area contributed by atoms with Crippen LogP contribution in [0.2, 0.25) is 10.3 Å². The minimum atomic E-state index is -0.875. The van der Waals surface area contributed by atoms with E-state index >= 15 is 0 Å². The highest BCUT2D eigenvalue weighted by atomic mass is 35.5. The van der Waals surface area contributed by atoms with Gasteiger partial charge in [0.2, 0.25) is 0 Å². The van der Waals surface area contributed by atoms with Crippen LogP contribution in [-0.2, 0) is 0 Å². The smallest absolute Gasteiger partial charge is 0.197 e. The van der Waals surface area contributed by atoms with E-state index < -0.39 is 5.82 Å². The quantitative estimate of drug-likeness (QED) is 0.862. The second-order valence-electron chi connectivity index (χ2n) is 3.33. The van der Waals surface area contributed by atoms with E-state index in [0.717, 1.165) is 0 Å². The molecule has 0 fully saturated rings. The van der Waals surface area contributed by atoms with E-state index in [0.29, 0.717) is 11.3 Å². The molecule has 1 aromatic carbocycles. The summed E-state index contributed by atoms with van der Waals surface area (Å²) in [5, 5.41) is 8.88. The number of hydrogen-bond donors (Lipinski definition) is 1. The van der Waals surface area contributed by atoms with E-state index in [4.69, 9.17) is 27.9 Å². The number of ether oxygens (including phenoxy) is 1. The molecule has 1 aromatic heterocycles. The molecular weight excluding hydrogens is 282 g/mol. The molecule has 18 heavy (non-hydrogen) atoms.